The van der Waals surface area contributed by atoms with Crippen LogP contribution in [-0.4, -0.2) is 16.6 Å². The number of amides is 1. The van der Waals surface area contributed by atoms with Gasteiger partial charge < -0.3 is 5.32 Å². The Hall–Kier alpha value is -1.95. The maximum absolute atomic E-state index is 11.0. The molecule has 1 heterocycles. The van der Waals surface area contributed by atoms with E-state index in [0.29, 0.717) is 0 Å². The van der Waals surface area contributed by atoms with Crippen LogP contribution in [0.1, 0.15) is 27.2 Å². The van der Waals surface area contributed by atoms with E-state index in [1.54, 1.807) is 0 Å². The second-order valence-corrected chi connectivity index (χ2v) is 5.23. The minimum absolute atomic E-state index is 0.0783. The molecule has 0 bridgehead atoms. The predicted molar refractivity (Wildman–Crippen MR) is 80.9 cm³/mol. The molecule has 0 atom stereocenters. The smallest absolute Gasteiger partial charge is 0.221 e. The summed E-state index contributed by atoms with van der Waals surface area (Å²) in [6.45, 7) is 5.51. The highest BCUT2D eigenvalue weighted by Crippen LogP contribution is 2.28. The fourth-order valence-electron chi connectivity index (χ4n) is 1.48. The molecule has 2 aromatic rings. The van der Waals surface area contributed by atoms with Gasteiger partial charge in [0.1, 0.15) is 0 Å². The van der Waals surface area contributed by atoms with Crippen molar-refractivity contribution in [2.45, 2.75) is 27.2 Å². The van der Waals surface area contributed by atoms with E-state index in [1.165, 1.54) is 18.3 Å². The average molecular weight is 276 g/mol. The Bertz CT molecular complexity index is 633. The van der Waals surface area contributed by atoms with E-state index < -0.39 is 0 Å². The number of anilines is 2. The van der Waals surface area contributed by atoms with Gasteiger partial charge in [0.2, 0.25) is 11.0 Å². The molecule has 0 unspecified atom stereocenters. The third-order valence-electron chi connectivity index (χ3n) is 2.56. The van der Waals surface area contributed by atoms with Gasteiger partial charge in [0.15, 0.2) is 0 Å². The number of hydrogen-bond acceptors (Lipinski definition) is 5. The molecular weight excluding hydrogens is 260 g/mol. The molecule has 5 nitrogen and oxygen atoms in total. The Morgan fingerprint density at radius 2 is 2.21 bits per heavy atom. The number of carbonyl (C=O) groups excluding carboxylic acids is 1. The Morgan fingerprint density at radius 3 is 2.89 bits per heavy atom. The van der Waals surface area contributed by atoms with Gasteiger partial charge in [-0.2, -0.15) is 5.10 Å². The predicted octanol–water partition coefficient (Wildman–Crippen LogP) is 3.45. The third kappa shape index (κ3) is 3.51. The van der Waals surface area contributed by atoms with Gasteiger partial charge in [-0.15, -0.1) is 0 Å². The molecule has 0 saturated heterocycles. The zero-order valence-electron chi connectivity index (χ0n) is 11.2. The number of hydrazone groups is 1. The van der Waals surface area contributed by atoms with Gasteiger partial charge in [-0.25, -0.2) is 4.98 Å². The molecule has 1 aromatic heterocycles. The number of aromatic nitrogens is 1. The second-order valence-electron chi connectivity index (χ2n) is 4.20. The number of benzene rings is 1. The molecule has 2 rings (SSSR count). The van der Waals surface area contributed by atoms with Crippen molar-refractivity contribution in [1.82, 2.24) is 4.98 Å². The number of nitrogens with zero attached hydrogens (tertiary/aromatic N) is 2. The van der Waals surface area contributed by atoms with Gasteiger partial charge >= 0.3 is 0 Å². The van der Waals surface area contributed by atoms with Crippen LogP contribution in [0.5, 0.6) is 0 Å². The standard InChI is InChI=1S/C13H16N4OS/c1-4-8(2)16-17-13-15-11-6-5-10(14-9(3)18)7-12(11)19-13/h5-7H,4H2,1-3H3,(H,14,18)(H,15,17)/b16-8+. The maximum atomic E-state index is 11.0. The van der Waals surface area contributed by atoms with Crippen LogP contribution in [-0.2, 0) is 4.79 Å². The number of hydrogen-bond donors (Lipinski definition) is 2. The van der Waals surface area contributed by atoms with Crippen molar-refractivity contribution in [2.24, 2.45) is 5.10 Å². The van der Waals surface area contributed by atoms with Gasteiger partial charge in [-0.1, -0.05) is 18.3 Å². The third-order valence-corrected chi connectivity index (χ3v) is 3.49. The lowest BCUT2D eigenvalue weighted by Crippen LogP contribution is -2.05. The molecule has 0 saturated carbocycles. The average Bonchev–Trinajstić information content (AvgIpc) is 2.77. The summed E-state index contributed by atoms with van der Waals surface area (Å²) in [5.74, 6) is -0.0783. The lowest BCUT2D eigenvalue weighted by Gasteiger charge is -1.99. The first-order valence-corrected chi connectivity index (χ1v) is 6.87. The molecule has 2 N–H and O–H groups in total. The fourth-order valence-corrected chi connectivity index (χ4v) is 2.32. The van der Waals surface area contributed by atoms with Crippen molar-refractivity contribution in [3.8, 4) is 0 Å². The SMILES string of the molecule is CC/C(C)=N/Nc1nc2ccc(NC(C)=O)cc2s1. The van der Waals surface area contributed by atoms with E-state index in [2.05, 4.69) is 27.8 Å². The van der Waals surface area contributed by atoms with Crippen molar-refractivity contribution >= 4 is 44.0 Å². The first kappa shape index (κ1) is 13.5. The minimum atomic E-state index is -0.0783. The van der Waals surface area contributed by atoms with Crippen LogP contribution in [0, 0.1) is 0 Å². The number of nitrogens with one attached hydrogen (secondary N) is 2. The molecule has 0 aliphatic carbocycles. The maximum Gasteiger partial charge on any atom is 0.221 e. The molecule has 0 radical (unpaired) electrons. The van der Waals surface area contributed by atoms with E-state index in [1.807, 2.05) is 25.1 Å². The summed E-state index contributed by atoms with van der Waals surface area (Å²) < 4.78 is 1.01. The van der Waals surface area contributed by atoms with Crippen LogP contribution in [0.15, 0.2) is 23.3 Å². The van der Waals surface area contributed by atoms with E-state index in [0.717, 1.165) is 33.2 Å². The molecular formula is C13H16N4OS. The highest BCUT2D eigenvalue weighted by Gasteiger charge is 2.04. The van der Waals surface area contributed by atoms with E-state index in [4.69, 9.17) is 0 Å². The second kappa shape index (κ2) is 5.79. The summed E-state index contributed by atoms with van der Waals surface area (Å²) in [6, 6.07) is 5.64. The highest BCUT2D eigenvalue weighted by atomic mass is 32.1. The molecule has 0 spiro atoms. The van der Waals surface area contributed by atoms with Crippen LogP contribution in [0.4, 0.5) is 10.8 Å². The molecule has 1 aromatic carbocycles. The molecule has 6 heteroatoms. The van der Waals surface area contributed by atoms with Gasteiger partial charge in [0.25, 0.3) is 0 Å². The number of carbonyl (C=O) groups is 1. The van der Waals surface area contributed by atoms with E-state index in [9.17, 15) is 4.79 Å². The van der Waals surface area contributed by atoms with Crippen molar-refractivity contribution in [1.29, 1.82) is 0 Å². The quantitative estimate of drug-likeness (QED) is 0.664. The zero-order valence-corrected chi connectivity index (χ0v) is 12.0. The summed E-state index contributed by atoms with van der Waals surface area (Å²) in [5, 5.41) is 7.73. The summed E-state index contributed by atoms with van der Waals surface area (Å²) in [5.41, 5.74) is 5.65. The Labute approximate surface area is 115 Å². The molecule has 0 fully saturated rings. The summed E-state index contributed by atoms with van der Waals surface area (Å²) in [7, 11) is 0. The Morgan fingerprint density at radius 1 is 1.42 bits per heavy atom. The molecule has 19 heavy (non-hydrogen) atoms. The number of thiazole rings is 1. The Balaban J connectivity index is 2.23. The van der Waals surface area contributed by atoms with Gasteiger partial charge in [0, 0.05) is 18.3 Å². The first-order valence-electron chi connectivity index (χ1n) is 6.06. The van der Waals surface area contributed by atoms with Crippen LogP contribution in [0.25, 0.3) is 10.2 Å². The van der Waals surface area contributed by atoms with Crippen molar-refractivity contribution in [3.05, 3.63) is 18.2 Å². The van der Waals surface area contributed by atoms with Crippen molar-refractivity contribution in [3.63, 3.8) is 0 Å². The normalized spacial score (nSPS) is 11.6. The number of fused-ring (bicyclic) bond motifs is 1. The highest BCUT2D eigenvalue weighted by molar-refractivity contribution is 7.22. The first-order chi connectivity index (χ1) is 9.08. The molecule has 0 aliphatic rings. The van der Waals surface area contributed by atoms with Crippen LogP contribution >= 0.6 is 11.3 Å². The monoisotopic (exact) mass is 276 g/mol. The van der Waals surface area contributed by atoms with Crippen molar-refractivity contribution < 1.29 is 4.79 Å². The lowest BCUT2D eigenvalue weighted by molar-refractivity contribution is -0.114. The molecule has 1 amide bonds. The fraction of sp³-hybridized carbons (Fsp3) is 0.308. The van der Waals surface area contributed by atoms with E-state index >= 15 is 0 Å². The zero-order chi connectivity index (χ0) is 13.8. The summed E-state index contributed by atoms with van der Waals surface area (Å²) >= 11 is 1.51. The van der Waals surface area contributed by atoms with Crippen LogP contribution < -0.4 is 10.7 Å². The van der Waals surface area contributed by atoms with Gasteiger partial charge in [-0.05, 0) is 31.5 Å². The van der Waals surface area contributed by atoms with Crippen LogP contribution in [0.3, 0.4) is 0 Å². The largest absolute Gasteiger partial charge is 0.326 e. The topological polar surface area (TPSA) is 66.4 Å². The van der Waals surface area contributed by atoms with Crippen LogP contribution in [0.2, 0.25) is 0 Å². The van der Waals surface area contributed by atoms with E-state index in [-0.39, 0.29) is 5.91 Å². The molecule has 100 valence electrons. The molecule has 0 aliphatic heterocycles. The van der Waals surface area contributed by atoms with Gasteiger partial charge in [-0.3, -0.25) is 10.2 Å². The summed E-state index contributed by atoms with van der Waals surface area (Å²) in [4.78, 5) is 15.4. The van der Waals surface area contributed by atoms with Crippen molar-refractivity contribution in [2.75, 3.05) is 10.7 Å². The van der Waals surface area contributed by atoms with Gasteiger partial charge in [0.05, 0.1) is 10.2 Å². The number of rotatable bonds is 4. The Kier molecular flexibility index (Phi) is 4.11. The lowest BCUT2D eigenvalue weighted by atomic mass is 10.3. The minimum Gasteiger partial charge on any atom is -0.326 e. The summed E-state index contributed by atoms with van der Waals surface area (Å²) in [6.07, 6.45) is 0.907.